The molecule has 2 aromatic rings. The van der Waals surface area contributed by atoms with Crippen molar-refractivity contribution in [3.63, 3.8) is 0 Å². The maximum Gasteiger partial charge on any atom is 0.172 e. The lowest BCUT2D eigenvalue weighted by molar-refractivity contribution is 0.876. The van der Waals surface area contributed by atoms with Gasteiger partial charge in [-0.05, 0) is 5.21 Å². The first-order valence-corrected chi connectivity index (χ1v) is 4.00. The number of hydrogen-bond donors (Lipinski definition) is 2. The van der Waals surface area contributed by atoms with Crippen molar-refractivity contribution in [1.29, 1.82) is 0 Å². The Morgan fingerprint density at radius 3 is 1.64 bits per heavy atom. The number of benzene rings is 1. The SMILES string of the molecule is Nc1cnnnc1N.c1ccccc1. The monoisotopic (exact) mass is 189 g/mol. The summed E-state index contributed by atoms with van der Waals surface area (Å²) in [6.45, 7) is 0. The maximum absolute atomic E-state index is 5.23. The third-order valence-electron chi connectivity index (χ3n) is 1.36. The molecule has 72 valence electrons. The molecular weight excluding hydrogens is 178 g/mol. The van der Waals surface area contributed by atoms with Gasteiger partial charge >= 0.3 is 0 Å². The average Bonchev–Trinajstić information content (AvgIpc) is 2.26. The molecule has 2 rings (SSSR count). The van der Waals surface area contributed by atoms with Crippen LogP contribution < -0.4 is 11.5 Å². The van der Waals surface area contributed by atoms with E-state index in [9.17, 15) is 0 Å². The third-order valence-corrected chi connectivity index (χ3v) is 1.36. The fourth-order valence-corrected chi connectivity index (χ4v) is 0.671. The smallest absolute Gasteiger partial charge is 0.172 e. The highest BCUT2D eigenvalue weighted by molar-refractivity contribution is 5.54. The molecule has 1 heterocycles. The predicted molar refractivity (Wildman–Crippen MR) is 55.1 cm³/mol. The van der Waals surface area contributed by atoms with E-state index in [-0.39, 0.29) is 5.82 Å². The van der Waals surface area contributed by atoms with Crippen molar-refractivity contribution >= 4 is 11.5 Å². The van der Waals surface area contributed by atoms with E-state index < -0.39 is 0 Å². The van der Waals surface area contributed by atoms with Gasteiger partial charge in [0.15, 0.2) is 5.82 Å². The fourth-order valence-electron chi connectivity index (χ4n) is 0.671. The summed E-state index contributed by atoms with van der Waals surface area (Å²) in [5, 5.41) is 9.99. The van der Waals surface area contributed by atoms with E-state index in [1.54, 1.807) is 0 Å². The molecule has 0 bridgehead atoms. The number of rotatable bonds is 0. The molecule has 0 atom stereocenters. The Morgan fingerprint density at radius 2 is 1.36 bits per heavy atom. The lowest BCUT2D eigenvalue weighted by atomic mass is 10.4. The van der Waals surface area contributed by atoms with Crippen molar-refractivity contribution in [2.75, 3.05) is 11.5 Å². The summed E-state index contributed by atoms with van der Waals surface area (Å²) in [7, 11) is 0. The molecule has 0 saturated carbocycles. The first kappa shape index (κ1) is 9.91. The van der Waals surface area contributed by atoms with Crippen LogP contribution in [0.2, 0.25) is 0 Å². The van der Waals surface area contributed by atoms with Crippen LogP contribution >= 0.6 is 0 Å². The lowest BCUT2D eigenvalue weighted by Crippen LogP contribution is -2.00. The number of aromatic nitrogens is 3. The second-order valence-corrected chi connectivity index (χ2v) is 2.43. The van der Waals surface area contributed by atoms with Crippen LogP contribution in [-0.4, -0.2) is 15.4 Å². The second kappa shape index (κ2) is 5.47. The molecule has 0 saturated heterocycles. The fraction of sp³-hybridized carbons (Fsp3) is 0. The van der Waals surface area contributed by atoms with Crippen LogP contribution in [0.1, 0.15) is 0 Å². The first-order valence-electron chi connectivity index (χ1n) is 4.00. The van der Waals surface area contributed by atoms with E-state index in [0.717, 1.165) is 0 Å². The normalized spacial score (nSPS) is 8.57. The van der Waals surface area contributed by atoms with Crippen LogP contribution in [-0.2, 0) is 0 Å². The number of nitrogens with zero attached hydrogens (tertiary/aromatic N) is 3. The van der Waals surface area contributed by atoms with Crippen LogP contribution in [0.4, 0.5) is 11.5 Å². The van der Waals surface area contributed by atoms with Gasteiger partial charge in [-0.2, -0.15) is 0 Å². The van der Waals surface area contributed by atoms with Crippen molar-refractivity contribution in [3.05, 3.63) is 42.6 Å². The first-order chi connectivity index (χ1) is 6.80. The zero-order valence-electron chi connectivity index (χ0n) is 7.54. The van der Waals surface area contributed by atoms with Crippen molar-refractivity contribution in [3.8, 4) is 0 Å². The quantitative estimate of drug-likeness (QED) is 0.637. The minimum atomic E-state index is 0.222. The average molecular weight is 189 g/mol. The largest absolute Gasteiger partial charge is 0.394 e. The molecule has 5 nitrogen and oxygen atoms in total. The Morgan fingerprint density at radius 1 is 0.857 bits per heavy atom. The van der Waals surface area contributed by atoms with Crippen molar-refractivity contribution in [2.45, 2.75) is 0 Å². The van der Waals surface area contributed by atoms with Crippen LogP contribution in [0.5, 0.6) is 0 Å². The van der Waals surface area contributed by atoms with Gasteiger partial charge < -0.3 is 11.5 Å². The van der Waals surface area contributed by atoms with E-state index in [2.05, 4.69) is 15.4 Å². The topological polar surface area (TPSA) is 90.7 Å². The van der Waals surface area contributed by atoms with Gasteiger partial charge in [-0.1, -0.05) is 36.4 Å². The summed E-state index contributed by atoms with van der Waals surface area (Å²) in [6, 6.07) is 12.0. The molecule has 0 amide bonds. The highest BCUT2D eigenvalue weighted by atomic mass is 15.3. The van der Waals surface area contributed by atoms with Gasteiger partial charge in [-0.25, -0.2) is 0 Å². The van der Waals surface area contributed by atoms with Gasteiger partial charge in [-0.3, -0.25) is 0 Å². The number of anilines is 2. The third kappa shape index (κ3) is 3.48. The predicted octanol–water partition coefficient (Wildman–Crippen LogP) is 0.723. The highest BCUT2D eigenvalue weighted by Gasteiger charge is 1.90. The minimum absolute atomic E-state index is 0.222. The molecule has 0 spiro atoms. The minimum Gasteiger partial charge on any atom is -0.394 e. The van der Waals surface area contributed by atoms with Crippen molar-refractivity contribution in [1.82, 2.24) is 15.4 Å². The Kier molecular flexibility index (Phi) is 3.87. The molecule has 0 aliphatic heterocycles. The molecule has 5 heteroatoms. The van der Waals surface area contributed by atoms with E-state index >= 15 is 0 Å². The van der Waals surface area contributed by atoms with E-state index in [4.69, 9.17) is 11.5 Å². The van der Waals surface area contributed by atoms with Crippen LogP contribution in [0.3, 0.4) is 0 Å². The van der Waals surface area contributed by atoms with E-state index in [1.807, 2.05) is 36.4 Å². The van der Waals surface area contributed by atoms with Crippen LogP contribution in [0.15, 0.2) is 42.6 Å². The molecule has 0 aliphatic rings. The Balaban J connectivity index is 0.000000146. The molecule has 14 heavy (non-hydrogen) atoms. The Labute approximate surface area is 81.8 Å². The molecule has 4 N–H and O–H groups in total. The zero-order valence-corrected chi connectivity index (χ0v) is 7.54. The van der Waals surface area contributed by atoms with Gasteiger partial charge in [0.1, 0.15) is 0 Å². The second-order valence-electron chi connectivity index (χ2n) is 2.43. The van der Waals surface area contributed by atoms with Gasteiger partial charge in [0.05, 0.1) is 11.9 Å². The van der Waals surface area contributed by atoms with Gasteiger partial charge in [-0.15, -0.1) is 10.2 Å². The van der Waals surface area contributed by atoms with Crippen LogP contribution in [0.25, 0.3) is 0 Å². The van der Waals surface area contributed by atoms with Crippen molar-refractivity contribution < 1.29 is 0 Å². The summed E-state index contributed by atoms with van der Waals surface area (Å²) < 4.78 is 0. The van der Waals surface area contributed by atoms with Gasteiger partial charge in [0.2, 0.25) is 0 Å². The molecule has 0 fully saturated rings. The summed E-state index contributed by atoms with van der Waals surface area (Å²) >= 11 is 0. The molecule has 1 aromatic carbocycles. The zero-order chi connectivity index (χ0) is 10.2. The van der Waals surface area contributed by atoms with Gasteiger partial charge in [0.25, 0.3) is 0 Å². The van der Waals surface area contributed by atoms with E-state index in [1.165, 1.54) is 6.20 Å². The lowest BCUT2D eigenvalue weighted by Gasteiger charge is -1.90. The highest BCUT2D eigenvalue weighted by Crippen LogP contribution is 2.02. The summed E-state index contributed by atoms with van der Waals surface area (Å²) in [6.07, 6.45) is 1.35. The van der Waals surface area contributed by atoms with Crippen LogP contribution in [0, 0.1) is 0 Å². The molecule has 0 unspecified atom stereocenters. The maximum atomic E-state index is 5.23. The number of nitrogen functional groups attached to an aromatic ring is 2. The molecule has 0 aliphatic carbocycles. The van der Waals surface area contributed by atoms with Crippen molar-refractivity contribution in [2.24, 2.45) is 0 Å². The summed E-state index contributed by atoms with van der Waals surface area (Å²) in [5.41, 5.74) is 10.8. The van der Waals surface area contributed by atoms with Gasteiger partial charge in [0, 0.05) is 0 Å². The number of hydrogen-bond acceptors (Lipinski definition) is 5. The molecule has 1 aromatic heterocycles. The molecule has 0 radical (unpaired) electrons. The Bertz CT molecular complexity index is 315. The number of nitrogens with two attached hydrogens (primary N) is 2. The Hall–Kier alpha value is -2.17. The standard InChI is InChI=1S/C6H6.C3H5N5/c1-2-4-6-5-3-1;4-2-1-6-8-7-3(2)5/h1-6H;1H,(H2,4,8)(H2,5,6,7). The summed E-state index contributed by atoms with van der Waals surface area (Å²) in [4.78, 5) is 0. The summed E-state index contributed by atoms with van der Waals surface area (Å²) in [5.74, 6) is 0.222. The van der Waals surface area contributed by atoms with E-state index in [0.29, 0.717) is 5.69 Å². The molecular formula is C9H11N5.